The minimum Gasteiger partial charge on any atom is -0.464 e. The van der Waals surface area contributed by atoms with E-state index >= 15 is 0 Å². The van der Waals surface area contributed by atoms with Crippen LogP contribution < -0.4 is 0 Å². The van der Waals surface area contributed by atoms with Gasteiger partial charge in [-0.1, -0.05) is 62.4 Å². The van der Waals surface area contributed by atoms with Crippen molar-refractivity contribution in [2.45, 2.75) is 62.9 Å². The molecule has 4 nitrogen and oxygen atoms in total. The number of carbonyl (C=O) groups excluding carboxylic acids is 1. The van der Waals surface area contributed by atoms with E-state index in [1.165, 1.54) is 30.0 Å². The van der Waals surface area contributed by atoms with E-state index in [0.717, 1.165) is 17.7 Å². The number of esters is 1. The summed E-state index contributed by atoms with van der Waals surface area (Å²) in [5.41, 5.74) is -0.575. The summed E-state index contributed by atoms with van der Waals surface area (Å²) in [4.78, 5) is 14.1. The Bertz CT molecular complexity index is 881. The summed E-state index contributed by atoms with van der Waals surface area (Å²) >= 11 is 1.60. The van der Waals surface area contributed by atoms with Crippen molar-refractivity contribution < 1.29 is 18.8 Å². The van der Waals surface area contributed by atoms with Crippen molar-refractivity contribution >= 4 is 36.3 Å². The molecule has 0 N–H and O–H groups in total. The predicted octanol–water partition coefficient (Wildman–Crippen LogP) is 6.76. The first-order chi connectivity index (χ1) is 15.1. The van der Waals surface area contributed by atoms with Gasteiger partial charge in [-0.2, -0.15) is 0 Å². The van der Waals surface area contributed by atoms with Crippen LogP contribution in [0.4, 0.5) is 0 Å². The van der Waals surface area contributed by atoms with Gasteiger partial charge in [-0.3, -0.25) is 0 Å². The highest BCUT2D eigenvalue weighted by atomic mass is 32.2. The van der Waals surface area contributed by atoms with Crippen LogP contribution in [-0.4, -0.2) is 36.4 Å². The van der Waals surface area contributed by atoms with Crippen molar-refractivity contribution in [3.8, 4) is 0 Å². The van der Waals surface area contributed by atoms with Gasteiger partial charge < -0.3 is 14.0 Å². The largest absolute Gasteiger partial charge is 0.464 e. The topological polar surface area (TPSA) is 52.6 Å². The second-order valence-electron chi connectivity index (χ2n) is 8.37. The molecule has 0 heterocycles. The molecule has 2 aromatic carbocycles. The minimum atomic E-state index is -2.04. The SMILES string of the molecule is CCOC(=O)C(CC1CCCCC1)(C[PH](=O)CSc1ccc2ccccc2c1)OCC. The molecule has 1 aliphatic rings. The van der Waals surface area contributed by atoms with Crippen LogP contribution in [0.5, 0.6) is 0 Å². The highest BCUT2D eigenvalue weighted by Gasteiger charge is 2.44. The highest BCUT2D eigenvalue weighted by Crippen LogP contribution is 2.41. The lowest BCUT2D eigenvalue weighted by Crippen LogP contribution is -2.47. The number of benzene rings is 2. The lowest BCUT2D eigenvalue weighted by atomic mass is 9.81. The summed E-state index contributed by atoms with van der Waals surface area (Å²) in [5.74, 6) is 0.101. The number of hydrogen-bond donors (Lipinski definition) is 0. The van der Waals surface area contributed by atoms with Crippen LogP contribution in [0.2, 0.25) is 0 Å². The molecule has 1 aliphatic carbocycles. The van der Waals surface area contributed by atoms with Crippen LogP contribution in [0.3, 0.4) is 0 Å². The minimum absolute atomic E-state index is 0.265. The van der Waals surface area contributed by atoms with Gasteiger partial charge in [0.2, 0.25) is 0 Å². The van der Waals surface area contributed by atoms with Gasteiger partial charge >= 0.3 is 5.97 Å². The molecule has 1 fully saturated rings. The Kier molecular flexibility index (Phi) is 9.49. The van der Waals surface area contributed by atoms with E-state index in [2.05, 4.69) is 30.3 Å². The fourth-order valence-corrected chi connectivity index (χ4v) is 7.70. The normalized spacial score (nSPS) is 17.9. The van der Waals surface area contributed by atoms with E-state index in [1.807, 2.05) is 26.0 Å². The number of thioether (sulfide) groups is 1. The molecule has 1 saturated carbocycles. The summed E-state index contributed by atoms with van der Waals surface area (Å²) in [6.07, 6.45) is 6.77. The molecular formula is C25H35O4PS. The molecule has 0 radical (unpaired) electrons. The molecule has 2 atom stereocenters. The Labute approximate surface area is 191 Å². The molecule has 0 saturated heterocycles. The zero-order chi connectivity index (χ0) is 22.1. The summed E-state index contributed by atoms with van der Waals surface area (Å²) in [7, 11) is -2.04. The van der Waals surface area contributed by atoms with Gasteiger partial charge in [0, 0.05) is 23.2 Å². The van der Waals surface area contributed by atoms with E-state index in [1.54, 1.807) is 11.8 Å². The van der Waals surface area contributed by atoms with Crippen LogP contribution in [0.15, 0.2) is 47.4 Å². The Hall–Kier alpha value is -1.29. The summed E-state index contributed by atoms with van der Waals surface area (Å²) < 4.78 is 24.7. The fourth-order valence-electron chi connectivity index (χ4n) is 4.58. The zero-order valence-electron chi connectivity index (χ0n) is 18.7. The van der Waals surface area contributed by atoms with Gasteiger partial charge in [0.1, 0.15) is 0 Å². The first-order valence-corrected chi connectivity index (χ1v) is 14.3. The summed E-state index contributed by atoms with van der Waals surface area (Å²) in [6, 6.07) is 14.6. The lowest BCUT2D eigenvalue weighted by molar-refractivity contribution is -0.171. The van der Waals surface area contributed by atoms with E-state index in [-0.39, 0.29) is 12.1 Å². The molecule has 31 heavy (non-hydrogen) atoms. The second kappa shape index (κ2) is 12.1. The molecule has 0 aliphatic heterocycles. The van der Waals surface area contributed by atoms with Crippen molar-refractivity contribution in [2.24, 2.45) is 5.92 Å². The second-order valence-corrected chi connectivity index (χ2v) is 11.7. The van der Waals surface area contributed by atoms with Gasteiger partial charge in [0.15, 0.2) is 5.60 Å². The molecule has 0 amide bonds. The van der Waals surface area contributed by atoms with Gasteiger partial charge in [-0.05, 0) is 49.1 Å². The Morgan fingerprint density at radius 1 is 1.06 bits per heavy atom. The molecule has 170 valence electrons. The average molecular weight is 463 g/mol. The average Bonchev–Trinajstić information content (AvgIpc) is 2.78. The van der Waals surface area contributed by atoms with Crippen molar-refractivity contribution in [3.63, 3.8) is 0 Å². The fraction of sp³-hybridized carbons (Fsp3) is 0.560. The predicted molar refractivity (Wildman–Crippen MR) is 131 cm³/mol. The van der Waals surface area contributed by atoms with Crippen LogP contribution >= 0.6 is 19.6 Å². The quantitative estimate of drug-likeness (QED) is 0.210. The molecule has 0 bridgehead atoms. The van der Waals surface area contributed by atoms with Crippen LogP contribution in [-0.2, 0) is 18.8 Å². The monoisotopic (exact) mass is 462 g/mol. The van der Waals surface area contributed by atoms with E-state index in [4.69, 9.17) is 9.47 Å². The van der Waals surface area contributed by atoms with E-state index < -0.39 is 13.4 Å². The van der Waals surface area contributed by atoms with Gasteiger partial charge in [-0.15, -0.1) is 11.8 Å². The third-order valence-electron chi connectivity index (χ3n) is 6.01. The standard InChI is InChI=1S/C25H35O4PS/c1-3-28-24(26)25(29-4-2,17-20-10-6-5-7-11-20)18-30(27)19-31-23-15-14-21-12-8-9-13-22(21)16-23/h8-9,12-16,20,30H,3-7,10-11,17-19H2,1-2H3. The molecule has 3 rings (SSSR count). The molecule has 6 heteroatoms. The third kappa shape index (κ3) is 6.84. The van der Waals surface area contributed by atoms with E-state index in [0.29, 0.717) is 31.0 Å². The van der Waals surface area contributed by atoms with Crippen LogP contribution in [0, 0.1) is 5.92 Å². The molecule has 2 aromatic rings. The van der Waals surface area contributed by atoms with Gasteiger partial charge in [0.25, 0.3) is 0 Å². The number of rotatable bonds is 11. The maximum Gasteiger partial charge on any atom is 0.338 e. The Morgan fingerprint density at radius 2 is 1.81 bits per heavy atom. The van der Waals surface area contributed by atoms with Crippen molar-refractivity contribution in [1.82, 2.24) is 0 Å². The first-order valence-electron chi connectivity index (χ1n) is 11.5. The Morgan fingerprint density at radius 3 is 2.52 bits per heavy atom. The van der Waals surface area contributed by atoms with Gasteiger partial charge in [0.05, 0.1) is 14.4 Å². The summed E-state index contributed by atoms with van der Waals surface area (Å²) in [6.45, 7) is 4.44. The third-order valence-corrected chi connectivity index (χ3v) is 9.43. The molecule has 2 unspecified atom stereocenters. The number of hydrogen-bond acceptors (Lipinski definition) is 5. The van der Waals surface area contributed by atoms with Crippen LogP contribution in [0.25, 0.3) is 10.8 Å². The smallest absolute Gasteiger partial charge is 0.338 e. The van der Waals surface area contributed by atoms with E-state index in [9.17, 15) is 9.36 Å². The molecular weight excluding hydrogens is 427 g/mol. The van der Waals surface area contributed by atoms with Crippen molar-refractivity contribution in [1.29, 1.82) is 0 Å². The molecule has 0 aromatic heterocycles. The zero-order valence-corrected chi connectivity index (χ0v) is 20.5. The number of fused-ring (bicyclic) bond motifs is 1. The van der Waals surface area contributed by atoms with Gasteiger partial charge in [-0.25, -0.2) is 4.79 Å². The number of ether oxygens (including phenoxy) is 2. The summed E-state index contributed by atoms with van der Waals surface area (Å²) in [5, 5.41) is 2.38. The van der Waals surface area contributed by atoms with Crippen molar-refractivity contribution in [3.05, 3.63) is 42.5 Å². The number of carbonyl (C=O) groups is 1. The highest BCUT2D eigenvalue weighted by molar-refractivity contribution is 8.03. The van der Waals surface area contributed by atoms with Crippen LogP contribution in [0.1, 0.15) is 52.4 Å². The lowest BCUT2D eigenvalue weighted by Gasteiger charge is -2.35. The maximum atomic E-state index is 13.2. The first kappa shape index (κ1) is 24.4. The molecule has 0 spiro atoms. The Balaban J connectivity index is 1.69. The van der Waals surface area contributed by atoms with Crippen molar-refractivity contribution in [2.75, 3.05) is 24.9 Å². The maximum absolute atomic E-state index is 13.2.